The van der Waals surface area contributed by atoms with Crippen LogP contribution in [-0.4, -0.2) is 50.9 Å². The van der Waals surface area contributed by atoms with Crippen LogP contribution in [0.1, 0.15) is 25.1 Å². The molecule has 1 amide bonds. The third-order valence-electron chi connectivity index (χ3n) is 6.25. The Morgan fingerprint density at radius 1 is 1.27 bits per heavy atom. The van der Waals surface area contributed by atoms with E-state index in [-0.39, 0.29) is 11.8 Å². The van der Waals surface area contributed by atoms with Gasteiger partial charge in [-0.15, -0.1) is 0 Å². The number of fused-ring (bicyclic) bond motifs is 2. The second-order valence-corrected chi connectivity index (χ2v) is 9.22. The second-order valence-electron chi connectivity index (χ2n) is 8.47. The summed E-state index contributed by atoms with van der Waals surface area (Å²) < 4.78 is 7.57. The summed E-state index contributed by atoms with van der Waals surface area (Å²) >= 11 is 3.55. The van der Waals surface area contributed by atoms with Crippen molar-refractivity contribution in [3.05, 3.63) is 53.2 Å². The summed E-state index contributed by atoms with van der Waals surface area (Å²) in [6.07, 6.45) is 7.14. The van der Waals surface area contributed by atoms with Gasteiger partial charge >= 0.3 is 0 Å². The van der Waals surface area contributed by atoms with Crippen molar-refractivity contribution in [3.8, 4) is 5.69 Å². The van der Waals surface area contributed by atoms with E-state index in [0.717, 1.165) is 59.1 Å². The summed E-state index contributed by atoms with van der Waals surface area (Å²) in [6.45, 7) is 1.09. The first-order chi connectivity index (χ1) is 16.1. The molecule has 0 spiro atoms. The van der Waals surface area contributed by atoms with Crippen molar-refractivity contribution < 1.29 is 9.53 Å². The fourth-order valence-electron chi connectivity index (χ4n) is 4.55. The van der Waals surface area contributed by atoms with Crippen molar-refractivity contribution in [2.24, 2.45) is 11.8 Å². The molecule has 1 aromatic carbocycles. The number of carbonyl (C=O) groups excluding carboxylic acids is 1. The fourth-order valence-corrected chi connectivity index (χ4v) is 4.99. The van der Waals surface area contributed by atoms with E-state index in [1.165, 1.54) is 0 Å². The van der Waals surface area contributed by atoms with Crippen molar-refractivity contribution in [1.82, 2.24) is 30.0 Å². The lowest BCUT2D eigenvalue weighted by Gasteiger charge is -2.11. The van der Waals surface area contributed by atoms with Gasteiger partial charge in [0.15, 0.2) is 5.65 Å². The van der Waals surface area contributed by atoms with E-state index in [4.69, 9.17) is 9.72 Å². The molecule has 1 aliphatic carbocycles. The second kappa shape index (κ2) is 9.52. The van der Waals surface area contributed by atoms with Gasteiger partial charge in [-0.2, -0.15) is 5.10 Å². The van der Waals surface area contributed by atoms with Crippen molar-refractivity contribution in [3.63, 3.8) is 0 Å². The summed E-state index contributed by atoms with van der Waals surface area (Å²) in [5.41, 5.74) is 2.63. The van der Waals surface area contributed by atoms with Crippen LogP contribution in [0.2, 0.25) is 0 Å². The molecule has 0 radical (unpaired) electrons. The zero-order chi connectivity index (χ0) is 22.8. The fraction of sp³-hybridized carbons (Fsp3) is 0.375. The number of carbonyl (C=O) groups is 1. The van der Waals surface area contributed by atoms with E-state index in [0.29, 0.717) is 23.7 Å². The monoisotopic (exact) mass is 508 g/mol. The zero-order valence-electron chi connectivity index (χ0n) is 18.4. The van der Waals surface area contributed by atoms with Crippen LogP contribution in [-0.2, 0) is 16.0 Å². The van der Waals surface area contributed by atoms with Gasteiger partial charge in [0.1, 0.15) is 10.4 Å². The number of pyridine rings is 1. The summed E-state index contributed by atoms with van der Waals surface area (Å²) in [6, 6.07) is 10.0. The maximum Gasteiger partial charge on any atom is 0.223 e. The molecular formula is C24H25BrN6O2. The van der Waals surface area contributed by atoms with E-state index in [1.54, 1.807) is 13.3 Å². The minimum absolute atomic E-state index is 0.0569. The number of ether oxygens (including phenoxy) is 1. The van der Waals surface area contributed by atoms with E-state index < -0.39 is 0 Å². The quantitative estimate of drug-likeness (QED) is 0.381. The maximum absolute atomic E-state index is 12.4. The van der Waals surface area contributed by atoms with E-state index in [1.807, 2.05) is 35.1 Å². The Hall–Kier alpha value is -2.91. The highest BCUT2D eigenvalue weighted by molar-refractivity contribution is 9.10. The van der Waals surface area contributed by atoms with Gasteiger partial charge in [-0.1, -0.05) is 6.07 Å². The van der Waals surface area contributed by atoms with Crippen LogP contribution >= 0.6 is 15.9 Å². The number of halogens is 1. The number of methoxy groups -OCH3 is 1. The van der Waals surface area contributed by atoms with E-state index in [2.05, 4.69) is 42.4 Å². The Morgan fingerprint density at radius 2 is 2.18 bits per heavy atom. The first-order valence-corrected chi connectivity index (χ1v) is 11.9. The number of nitrogens with zero attached hydrogens (tertiary/aromatic N) is 5. The molecule has 3 heterocycles. The van der Waals surface area contributed by atoms with Gasteiger partial charge in [0.05, 0.1) is 23.2 Å². The number of benzene rings is 1. The molecule has 33 heavy (non-hydrogen) atoms. The highest BCUT2D eigenvalue weighted by Gasteiger charge is 2.30. The Bertz CT molecular complexity index is 1310. The lowest BCUT2D eigenvalue weighted by Crippen LogP contribution is -2.32. The Labute approximate surface area is 199 Å². The van der Waals surface area contributed by atoms with Gasteiger partial charge in [-0.3, -0.25) is 9.78 Å². The summed E-state index contributed by atoms with van der Waals surface area (Å²) in [7, 11) is 1.64. The molecule has 8 nitrogen and oxygen atoms in total. The smallest absolute Gasteiger partial charge is 0.223 e. The molecule has 5 rings (SSSR count). The summed E-state index contributed by atoms with van der Waals surface area (Å²) in [4.78, 5) is 26.2. The summed E-state index contributed by atoms with van der Waals surface area (Å²) in [5, 5.41) is 9.53. The number of aromatic nitrogens is 5. The molecule has 0 aliphatic heterocycles. The number of rotatable bonds is 7. The largest absolute Gasteiger partial charge is 0.383 e. The highest BCUT2D eigenvalue weighted by atomic mass is 79.9. The van der Waals surface area contributed by atoms with Crippen molar-refractivity contribution in [2.45, 2.75) is 25.7 Å². The molecule has 3 aromatic heterocycles. The van der Waals surface area contributed by atoms with Gasteiger partial charge in [-0.25, -0.2) is 14.6 Å². The average molecular weight is 509 g/mol. The normalized spacial score (nSPS) is 18.2. The van der Waals surface area contributed by atoms with E-state index in [9.17, 15) is 4.79 Å². The minimum Gasteiger partial charge on any atom is -0.383 e. The molecule has 0 bridgehead atoms. The number of hydrogen-bond acceptors (Lipinski definition) is 6. The molecule has 1 N–H and O–H groups in total. The molecular weight excluding hydrogens is 484 g/mol. The molecule has 0 unspecified atom stereocenters. The predicted molar refractivity (Wildman–Crippen MR) is 129 cm³/mol. The molecule has 4 aromatic rings. The van der Waals surface area contributed by atoms with Crippen molar-refractivity contribution >= 4 is 43.8 Å². The number of hydrogen-bond donors (Lipinski definition) is 1. The van der Waals surface area contributed by atoms with Gasteiger partial charge < -0.3 is 10.1 Å². The standard InChI is InChI=1S/C24H25BrN6O2/c1-33-10-9-27-24(32)17-5-4-15(11-17)12-21-28-14-19-22(25)30-31(23(19)29-21)18-6-7-20-16(13-18)3-2-8-26-20/h2-3,6-8,13-15,17H,4-5,9-12H2,1H3,(H,27,32)/t15-,17-/m1/s1. The van der Waals surface area contributed by atoms with Crippen LogP contribution in [0.15, 0.2) is 47.3 Å². The molecule has 9 heteroatoms. The molecule has 0 saturated heterocycles. The number of nitrogens with one attached hydrogen (secondary N) is 1. The third kappa shape index (κ3) is 4.60. The number of amides is 1. The third-order valence-corrected chi connectivity index (χ3v) is 6.83. The van der Waals surface area contributed by atoms with Crippen LogP contribution in [0.5, 0.6) is 0 Å². The average Bonchev–Trinajstić information content (AvgIpc) is 3.43. The lowest BCUT2D eigenvalue weighted by molar-refractivity contribution is -0.125. The van der Waals surface area contributed by atoms with Crippen molar-refractivity contribution in [2.75, 3.05) is 20.3 Å². The van der Waals surface area contributed by atoms with Crippen molar-refractivity contribution in [1.29, 1.82) is 0 Å². The Balaban J connectivity index is 1.36. The highest BCUT2D eigenvalue weighted by Crippen LogP contribution is 2.33. The van der Waals surface area contributed by atoms with Gasteiger partial charge in [0.25, 0.3) is 0 Å². The van der Waals surface area contributed by atoms with Gasteiger partial charge in [-0.05, 0) is 65.4 Å². The van der Waals surface area contributed by atoms with Crippen LogP contribution < -0.4 is 5.32 Å². The Kier molecular flexibility index (Phi) is 6.32. The van der Waals surface area contributed by atoms with Crippen LogP contribution in [0, 0.1) is 11.8 Å². The SMILES string of the molecule is COCCNC(=O)[C@@H]1CC[C@@H](Cc2ncc3c(Br)nn(-c4ccc5ncccc5c4)c3n2)C1. The van der Waals surface area contributed by atoms with Gasteiger partial charge in [0, 0.05) is 43.8 Å². The molecule has 1 fully saturated rings. The molecule has 1 aliphatic rings. The molecule has 170 valence electrons. The predicted octanol–water partition coefficient (Wildman–Crippen LogP) is 3.85. The van der Waals surface area contributed by atoms with Crippen LogP contribution in [0.3, 0.4) is 0 Å². The first-order valence-electron chi connectivity index (χ1n) is 11.1. The lowest BCUT2D eigenvalue weighted by atomic mass is 10.0. The molecule has 2 atom stereocenters. The molecule has 1 saturated carbocycles. The zero-order valence-corrected chi connectivity index (χ0v) is 20.0. The minimum atomic E-state index is 0.0569. The van der Waals surface area contributed by atoms with Crippen LogP contribution in [0.4, 0.5) is 0 Å². The maximum atomic E-state index is 12.4. The van der Waals surface area contributed by atoms with Gasteiger partial charge in [0.2, 0.25) is 5.91 Å². The van der Waals surface area contributed by atoms with Crippen LogP contribution in [0.25, 0.3) is 27.6 Å². The summed E-state index contributed by atoms with van der Waals surface area (Å²) in [5.74, 6) is 1.36. The first kappa shape index (κ1) is 21.9. The van der Waals surface area contributed by atoms with E-state index >= 15 is 0 Å². The Morgan fingerprint density at radius 3 is 3.06 bits per heavy atom. The topological polar surface area (TPSA) is 94.8 Å².